The molecule has 4 heteroatoms. The van der Waals surface area contributed by atoms with Crippen LogP contribution in [0, 0.1) is 11.8 Å². The van der Waals surface area contributed by atoms with E-state index in [2.05, 4.69) is 22.9 Å². The van der Waals surface area contributed by atoms with Crippen molar-refractivity contribution in [3.8, 4) is 11.8 Å². The summed E-state index contributed by atoms with van der Waals surface area (Å²) in [5, 5.41) is 0. The Kier molecular flexibility index (Phi) is 5.57. The van der Waals surface area contributed by atoms with Gasteiger partial charge in [0.15, 0.2) is 6.61 Å². The predicted octanol–water partition coefficient (Wildman–Crippen LogP) is 0.758. The first-order chi connectivity index (χ1) is 9.77. The Morgan fingerprint density at radius 3 is 3.15 bits per heavy atom. The standard InChI is InChI=1S/C16H20N2O2/c1-14(19)20-12-5-4-11-18-10-3-2-8-16(18)15-7-6-9-17-13-15/h6-7,9,13,16H,2-3,8,10-12H2,1H3/p+1/t16-/m1/s1. The van der Waals surface area contributed by atoms with Gasteiger partial charge in [-0.15, -0.1) is 0 Å². The zero-order valence-corrected chi connectivity index (χ0v) is 11.9. The second-order valence-electron chi connectivity index (χ2n) is 5.05. The van der Waals surface area contributed by atoms with Crippen molar-refractivity contribution in [2.75, 3.05) is 19.7 Å². The molecular weight excluding hydrogens is 252 g/mol. The van der Waals surface area contributed by atoms with Crippen LogP contribution in [0.1, 0.15) is 37.8 Å². The Labute approximate surface area is 120 Å². The molecule has 0 aromatic carbocycles. The lowest BCUT2D eigenvalue weighted by atomic mass is 9.96. The summed E-state index contributed by atoms with van der Waals surface area (Å²) >= 11 is 0. The number of hydrogen-bond donors (Lipinski definition) is 1. The molecule has 1 unspecified atom stereocenters. The highest BCUT2D eigenvalue weighted by Gasteiger charge is 2.26. The van der Waals surface area contributed by atoms with Gasteiger partial charge in [0.1, 0.15) is 12.6 Å². The number of carbonyl (C=O) groups excluding carboxylic acids is 1. The number of quaternary nitrogens is 1. The fourth-order valence-corrected chi connectivity index (χ4v) is 2.64. The van der Waals surface area contributed by atoms with Gasteiger partial charge in [0.25, 0.3) is 0 Å². The summed E-state index contributed by atoms with van der Waals surface area (Å²) in [5.74, 6) is 5.75. The highest BCUT2D eigenvalue weighted by atomic mass is 16.5. The summed E-state index contributed by atoms with van der Waals surface area (Å²) < 4.78 is 4.81. The van der Waals surface area contributed by atoms with Gasteiger partial charge in [0.2, 0.25) is 0 Å². The summed E-state index contributed by atoms with van der Waals surface area (Å²) in [5.41, 5.74) is 1.30. The number of carbonyl (C=O) groups is 1. The molecule has 0 spiro atoms. The van der Waals surface area contributed by atoms with Crippen LogP contribution in [0.4, 0.5) is 0 Å². The van der Waals surface area contributed by atoms with Crippen LogP contribution in [0.25, 0.3) is 0 Å². The number of hydrogen-bond acceptors (Lipinski definition) is 3. The number of ether oxygens (including phenoxy) is 1. The molecule has 0 bridgehead atoms. The molecule has 1 aliphatic rings. The number of piperidine rings is 1. The Bertz CT molecular complexity index is 490. The first-order valence-corrected chi connectivity index (χ1v) is 7.11. The van der Waals surface area contributed by atoms with E-state index in [0.29, 0.717) is 6.04 Å². The van der Waals surface area contributed by atoms with Gasteiger partial charge in [-0.05, 0) is 24.8 Å². The molecule has 20 heavy (non-hydrogen) atoms. The average molecular weight is 273 g/mol. The number of esters is 1. The van der Waals surface area contributed by atoms with Crippen molar-refractivity contribution >= 4 is 5.97 Å². The Hall–Kier alpha value is -1.86. The smallest absolute Gasteiger partial charge is 0.303 e. The monoisotopic (exact) mass is 273 g/mol. The predicted molar refractivity (Wildman–Crippen MR) is 75.9 cm³/mol. The number of aromatic nitrogens is 1. The molecule has 0 radical (unpaired) electrons. The minimum Gasteiger partial charge on any atom is -0.453 e. The van der Waals surface area contributed by atoms with E-state index >= 15 is 0 Å². The second kappa shape index (κ2) is 7.66. The van der Waals surface area contributed by atoms with E-state index < -0.39 is 0 Å². The van der Waals surface area contributed by atoms with Crippen LogP contribution in [0.5, 0.6) is 0 Å². The number of rotatable bonds is 3. The van der Waals surface area contributed by atoms with Gasteiger partial charge < -0.3 is 9.64 Å². The number of nitrogens with one attached hydrogen (secondary N) is 1. The maximum absolute atomic E-state index is 10.6. The largest absolute Gasteiger partial charge is 0.453 e. The van der Waals surface area contributed by atoms with Gasteiger partial charge in [-0.1, -0.05) is 12.0 Å². The quantitative estimate of drug-likeness (QED) is 0.653. The van der Waals surface area contributed by atoms with Crippen molar-refractivity contribution in [1.82, 2.24) is 4.98 Å². The summed E-state index contributed by atoms with van der Waals surface area (Å²) in [6, 6.07) is 4.63. The van der Waals surface area contributed by atoms with Crippen molar-refractivity contribution in [2.24, 2.45) is 0 Å². The molecule has 1 fully saturated rings. The minimum atomic E-state index is -0.280. The van der Waals surface area contributed by atoms with Gasteiger partial charge in [0.05, 0.1) is 6.54 Å². The molecule has 0 aliphatic carbocycles. The van der Waals surface area contributed by atoms with Crippen molar-refractivity contribution in [1.29, 1.82) is 0 Å². The molecule has 0 saturated carbocycles. The van der Waals surface area contributed by atoms with E-state index in [-0.39, 0.29) is 12.6 Å². The van der Waals surface area contributed by atoms with Crippen LogP contribution in [0.3, 0.4) is 0 Å². The number of pyridine rings is 1. The van der Waals surface area contributed by atoms with Crippen LogP contribution in [-0.4, -0.2) is 30.6 Å². The maximum atomic E-state index is 10.6. The molecular formula is C16H21N2O2+. The fraction of sp³-hybridized carbons (Fsp3) is 0.500. The lowest BCUT2D eigenvalue weighted by Gasteiger charge is -2.31. The fourth-order valence-electron chi connectivity index (χ4n) is 2.64. The maximum Gasteiger partial charge on any atom is 0.303 e. The lowest BCUT2D eigenvalue weighted by Crippen LogP contribution is -3.13. The van der Waals surface area contributed by atoms with Crippen molar-refractivity contribution < 1.29 is 14.4 Å². The van der Waals surface area contributed by atoms with Gasteiger partial charge in [-0.2, -0.15) is 0 Å². The molecule has 0 amide bonds. The second-order valence-corrected chi connectivity index (χ2v) is 5.05. The molecule has 2 rings (SSSR count). The van der Waals surface area contributed by atoms with Crippen molar-refractivity contribution in [3.63, 3.8) is 0 Å². The number of nitrogens with zero attached hydrogens (tertiary/aromatic N) is 1. The van der Waals surface area contributed by atoms with Crippen molar-refractivity contribution in [3.05, 3.63) is 30.1 Å². The van der Waals surface area contributed by atoms with Crippen LogP contribution >= 0.6 is 0 Å². The zero-order chi connectivity index (χ0) is 14.2. The molecule has 1 aromatic heterocycles. The summed E-state index contributed by atoms with van der Waals surface area (Å²) in [6.45, 7) is 3.53. The molecule has 1 aromatic rings. The summed E-state index contributed by atoms with van der Waals surface area (Å²) in [6.07, 6.45) is 7.47. The van der Waals surface area contributed by atoms with E-state index in [1.165, 1.54) is 36.6 Å². The van der Waals surface area contributed by atoms with Gasteiger partial charge in [-0.3, -0.25) is 9.78 Å². The number of likely N-dealkylation sites (tertiary alicyclic amines) is 1. The van der Waals surface area contributed by atoms with E-state index in [9.17, 15) is 4.79 Å². The Morgan fingerprint density at radius 1 is 1.50 bits per heavy atom. The summed E-state index contributed by atoms with van der Waals surface area (Å²) in [7, 11) is 0. The topological polar surface area (TPSA) is 43.6 Å². The van der Waals surface area contributed by atoms with Gasteiger partial charge in [0, 0.05) is 31.3 Å². The Balaban J connectivity index is 1.92. The van der Waals surface area contributed by atoms with Crippen LogP contribution in [0.2, 0.25) is 0 Å². The van der Waals surface area contributed by atoms with E-state index in [1.807, 2.05) is 18.5 Å². The molecule has 1 N–H and O–H groups in total. The highest BCUT2D eigenvalue weighted by molar-refractivity contribution is 5.66. The molecule has 4 nitrogen and oxygen atoms in total. The third-order valence-electron chi connectivity index (χ3n) is 3.61. The first kappa shape index (κ1) is 14.5. The van der Waals surface area contributed by atoms with E-state index in [1.54, 1.807) is 0 Å². The first-order valence-electron chi connectivity index (χ1n) is 7.11. The van der Waals surface area contributed by atoms with E-state index in [0.717, 1.165) is 13.1 Å². The van der Waals surface area contributed by atoms with E-state index in [4.69, 9.17) is 4.74 Å². The van der Waals surface area contributed by atoms with Gasteiger partial charge >= 0.3 is 5.97 Å². The molecule has 2 atom stereocenters. The summed E-state index contributed by atoms with van der Waals surface area (Å²) in [4.78, 5) is 16.3. The van der Waals surface area contributed by atoms with Crippen LogP contribution in [-0.2, 0) is 9.53 Å². The zero-order valence-electron chi connectivity index (χ0n) is 11.9. The normalized spacial score (nSPS) is 21.6. The third kappa shape index (κ3) is 4.36. The van der Waals surface area contributed by atoms with Gasteiger partial charge in [-0.25, -0.2) is 0 Å². The lowest BCUT2D eigenvalue weighted by molar-refractivity contribution is -0.930. The third-order valence-corrected chi connectivity index (χ3v) is 3.61. The molecule has 2 heterocycles. The Morgan fingerprint density at radius 2 is 2.40 bits per heavy atom. The van der Waals surface area contributed by atoms with Crippen molar-refractivity contribution in [2.45, 2.75) is 32.2 Å². The molecule has 106 valence electrons. The SMILES string of the molecule is CC(=O)OCC#CC[NH+]1CCCC[C@@H]1c1cccnc1. The highest BCUT2D eigenvalue weighted by Crippen LogP contribution is 2.17. The minimum absolute atomic E-state index is 0.195. The van der Waals surface area contributed by atoms with Crippen LogP contribution < -0.4 is 4.90 Å². The molecule has 1 saturated heterocycles. The molecule has 1 aliphatic heterocycles. The van der Waals surface area contributed by atoms with Crippen LogP contribution in [0.15, 0.2) is 24.5 Å². The average Bonchev–Trinajstić information content (AvgIpc) is 2.48.